The highest BCUT2D eigenvalue weighted by Crippen LogP contribution is 2.69. The van der Waals surface area contributed by atoms with Crippen molar-refractivity contribution < 1.29 is 24.2 Å². The van der Waals surface area contributed by atoms with Gasteiger partial charge in [-0.25, -0.2) is 0 Å². The molecule has 1 spiro atoms. The lowest BCUT2D eigenvalue weighted by Crippen LogP contribution is -2.54. The number of esters is 1. The second-order valence-corrected chi connectivity index (χ2v) is 10.3. The van der Waals surface area contributed by atoms with Gasteiger partial charge in [0.05, 0.1) is 18.6 Å². The summed E-state index contributed by atoms with van der Waals surface area (Å²) in [7, 11) is 1.33. The van der Waals surface area contributed by atoms with Crippen molar-refractivity contribution in [2.75, 3.05) is 7.11 Å². The topological polar surface area (TPSA) is 80.7 Å². The molecule has 1 N–H and O–H groups in total. The molecule has 0 aliphatic heterocycles. The Hall–Kier alpha value is -2.01. The number of fused-ring (bicyclic) bond motifs is 3. The van der Waals surface area contributed by atoms with Crippen LogP contribution >= 0.6 is 0 Å². The van der Waals surface area contributed by atoms with E-state index >= 15 is 0 Å². The lowest BCUT2D eigenvalue weighted by atomic mass is 9.46. The van der Waals surface area contributed by atoms with Crippen molar-refractivity contribution in [3.05, 3.63) is 34.4 Å². The molecule has 0 radical (unpaired) electrons. The second-order valence-electron chi connectivity index (χ2n) is 10.3. The average molecular weight is 411 g/mol. The minimum Gasteiger partial charge on any atom is -0.468 e. The van der Waals surface area contributed by atoms with Crippen LogP contribution in [0, 0.1) is 22.2 Å². The Kier molecular flexibility index (Phi) is 4.15. The molecule has 0 amide bonds. The number of rotatable bonds is 1. The highest BCUT2D eigenvalue weighted by Gasteiger charge is 2.64. The summed E-state index contributed by atoms with van der Waals surface area (Å²) in [6, 6.07) is 0. The number of allylic oxidation sites excluding steroid dienone is 4. The number of ketones is 2. The molecule has 30 heavy (non-hydrogen) atoms. The SMILES string of the molecule is COC(=O)C1C2=C(CCC34C(=O)CCC[C@]3(C)CC=C24)C2(C)CCC(=O)C=C2C1O. The number of aliphatic hydroxyl groups is 1. The van der Waals surface area contributed by atoms with Crippen LogP contribution in [0.25, 0.3) is 0 Å². The Labute approximate surface area is 177 Å². The van der Waals surface area contributed by atoms with E-state index in [1.165, 1.54) is 7.11 Å². The maximum Gasteiger partial charge on any atom is 0.316 e. The smallest absolute Gasteiger partial charge is 0.316 e. The van der Waals surface area contributed by atoms with Crippen molar-refractivity contribution in [3.8, 4) is 0 Å². The zero-order valence-corrected chi connectivity index (χ0v) is 18.0. The van der Waals surface area contributed by atoms with Crippen LogP contribution in [0.1, 0.15) is 65.2 Å². The first-order valence-electron chi connectivity index (χ1n) is 11.2. The van der Waals surface area contributed by atoms with Gasteiger partial charge in [0.1, 0.15) is 11.7 Å². The third-order valence-corrected chi connectivity index (χ3v) is 9.11. The predicted molar refractivity (Wildman–Crippen MR) is 110 cm³/mol. The maximum absolute atomic E-state index is 13.4. The van der Waals surface area contributed by atoms with Gasteiger partial charge in [-0.3, -0.25) is 14.4 Å². The lowest BCUT2D eigenvalue weighted by Gasteiger charge is -2.56. The molecule has 0 aromatic rings. The molecule has 1 fully saturated rings. The Balaban J connectivity index is 1.77. The lowest BCUT2D eigenvalue weighted by molar-refractivity contribution is -0.148. The van der Waals surface area contributed by atoms with E-state index in [0.29, 0.717) is 24.8 Å². The molecule has 160 valence electrons. The summed E-state index contributed by atoms with van der Waals surface area (Å²) in [5, 5.41) is 11.4. The van der Waals surface area contributed by atoms with Crippen LogP contribution < -0.4 is 0 Å². The van der Waals surface area contributed by atoms with E-state index in [4.69, 9.17) is 4.74 Å². The van der Waals surface area contributed by atoms with E-state index in [2.05, 4.69) is 19.9 Å². The molecule has 0 saturated heterocycles. The van der Waals surface area contributed by atoms with Gasteiger partial charge >= 0.3 is 5.97 Å². The normalized spacial score (nSPS) is 42.5. The third-order valence-electron chi connectivity index (χ3n) is 9.11. The molecule has 5 atom stereocenters. The van der Waals surface area contributed by atoms with E-state index in [1.807, 2.05) is 0 Å². The summed E-state index contributed by atoms with van der Waals surface area (Å²) in [6.07, 6.45) is 8.49. The fourth-order valence-electron chi connectivity index (χ4n) is 7.48. The zero-order valence-electron chi connectivity index (χ0n) is 18.0. The van der Waals surface area contributed by atoms with Gasteiger partial charge in [0.15, 0.2) is 5.78 Å². The number of methoxy groups -OCH3 is 1. The van der Waals surface area contributed by atoms with Crippen molar-refractivity contribution in [1.29, 1.82) is 0 Å². The molecular formula is C25H30O5. The molecule has 4 unspecified atom stereocenters. The monoisotopic (exact) mass is 410 g/mol. The summed E-state index contributed by atoms with van der Waals surface area (Å²) in [6.45, 7) is 4.31. The Bertz CT molecular complexity index is 968. The van der Waals surface area contributed by atoms with Crippen LogP contribution in [-0.2, 0) is 19.1 Å². The van der Waals surface area contributed by atoms with Gasteiger partial charge in [0.25, 0.3) is 0 Å². The standard InChI is InChI=1S/C25H30O5/c1-23-9-4-5-18(27)25(23)12-8-15-19(16(25)7-10-23)20(22(29)30-3)21(28)17-13-14(26)6-11-24(15,17)2/h7,13,20-21,28H,4-6,8-12H2,1-3H3/t20?,21?,23-,24?,25?/m1/s1. The molecular weight excluding hydrogens is 380 g/mol. The Morgan fingerprint density at radius 3 is 2.63 bits per heavy atom. The first-order valence-corrected chi connectivity index (χ1v) is 11.2. The first-order chi connectivity index (χ1) is 14.2. The number of aliphatic hydroxyl groups excluding tert-OH is 1. The minimum atomic E-state index is -1.10. The fourth-order valence-corrected chi connectivity index (χ4v) is 7.48. The summed E-state index contributed by atoms with van der Waals surface area (Å²) >= 11 is 0. The van der Waals surface area contributed by atoms with Crippen molar-refractivity contribution in [1.82, 2.24) is 0 Å². The Morgan fingerprint density at radius 1 is 1.13 bits per heavy atom. The van der Waals surface area contributed by atoms with Gasteiger partial charge in [0.2, 0.25) is 0 Å². The summed E-state index contributed by atoms with van der Waals surface area (Å²) in [5.74, 6) is -1.09. The number of hydrogen-bond acceptors (Lipinski definition) is 5. The van der Waals surface area contributed by atoms with Crippen LogP contribution in [0.4, 0.5) is 0 Å². The molecule has 1 saturated carbocycles. The quantitative estimate of drug-likeness (QED) is 0.668. The molecule has 0 bridgehead atoms. The highest BCUT2D eigenvalue weighted by molar-refractivity contribution is 5.96. The highest BCUT2D eigenvalue weighted by atomic mass is 16.5. The maximum atomic E-state index is 13.4. The summed E-state index contributed by atoms with van der Waals surface area (Å²) in [5.41, 5.74) is 2.45. The van der Waals surface area contributed by atoms with Gasteiger partial charge in [0, 0.05) is 18.3 Å². The minimum absolute atomic E-state index is 0.00316. The Morgan fingerprint density at radius 2 is 1.90 bits per heavy atom. The van der Waals surface area contributed by atoms with Crippen LogP contribution in [0.5, 0.6) is 0 Å². The van der Waals surface area contributed by atoms with E-state index in [0.717, 1.165) is 48.8 Å². The van der Waals surface area contributed by atoms with Crippen molar-refractivity contribution in [2.24, 2.45) is 22.2 Å². The number of ether oxygens (including phenoxy) is 1. The summed E-state index contributed by atoms with van der Waals surface area (Å²) in [4.78, 5) is 38.6. The van der Waals surface area contributed by atoms with Crippen LogP contribution in [-0.4, -0.2) is 35.9 Å². The van der Waals surface area contributed by atoms with Gasteiger partial charge in [-0.15, -0.1) is 0 Å². The first kappa shape index (κ1) is 19.9. The van der Waals surface area contributed by atoms with E-state index in [1.54, 1.807) is 6.08 Å². The molecule has 5 nitrogen and oxygen atoms in total. The van der Waals surface area contributed by atoms with Crippen LogP contribution in [0.3, 0.4) is 0 Å². The molecule has 5 aliphatic rings. The molecule has 0 aromatic heterocycles. The molecule has 5 aliphatic carbocycles. The summed E-state index contributed by atoms with van der Waals surface area (Å²) < 4.78 is 5.13. The fraction of sp³-hybridized carbons (Fsp3) is 0.640. The number of carbonyl (C=O) groups is 3. The molecule has 0 aromatic carbocycles. The molecule has 0 heterocycles. The third kappa shape index (κ3) is 2.20. The number of carbonyl (C=O) groups excluding carboxylic acids is 3. The molecule has 5 heteroatoms. The largest absolute Gasteiger partial charge is 0.468 e. The predicted octanol–water partition coefficient (Wildman–Crippen LogP) is 3.61. The van der Waals surface area contributed by atoms with Crippen LogP contribution in [0.2, 0.25) is 0 Å². The van der Waals surface area contributed by atoms with Gasteiger partial charge in [-0.05, 0) is 66.7 Å². The van der Waals surface area contributed by atoms with Crippen molar-refractivity contribution in [2.45, 2.75) is 71.3 Å². The van der Waals surface area contributed by atoms with Crippen molar-refractivity contribution >= 4 is 17.5 Å². The average Bonchev–Trinajstić information content (AvgIpc) is 3.04. The van der Waals surface area contributed by atoms with Gasteiger partial charge in [-0.1, -0.05) is 25.5 Å². The van der Waals surface area contributed by atoms with Crippen LogP contribution in [0.15, 0.2) is 34.4 Å². The number of hydrogen-bond donors (Lipinski definition) is 1. The van der Waals surface area contributed by atoms with Gasteiger partial charge in [-0.2, -0.15) is 0 Å². The van der Waals surface area contributed by atoms with E-state index in [9.17, 15) is 19.5 Å². The second kappa shape index (κ2) is 6.25. The van der Waals surface area contributed by atoms with Gasteiger partial charge < -0.3 is 9.84 Å². The van der Waals surface area contributed by atoms with E-state index < -0.39 is 28.8 Å². The number of Topliss-reactive ketones (excluding diaryl/α,β-unsaturated/α-hetero) is 1. The molecule has 5 rings (SSSR count). The van der Waals surface area contributed by atoms with E-state index in [-0.39, 0.29) is 17.0 Å². The zero-order chi connectivity index (χ0) is 21.5. The van der Waals surface area contributed by atoms with Crippen molar-refractivity contribution in [3.63, 3.8) is 0 Å².